The molecule has 0 atom stereocenters. The fraction of sp³-hybridized carbons (Fsp3) is 0.435. The number of rotatable bonds is 9. The van der Waals surface area contributed by atoms with Gasteiger partial charge in [0.1, 0.15) is 11.5 Å². The average Bonchev–Trinajstić information content (AvgIpc) is 2.68. The minimum Gasteiger partial charge on any atom is -0.497 e. The van der Waals surface area contributed by atoms with E-state index in [-0.39, 0.29) is 27.2 Å². The molecule has 152 valence electrons. The third-order valence-electron chi connectivity index (χ3n) is 4.66. The molecule has 4 nitrogen and oxygen atoms in total. The van der Waals surface area contributed by atoms with Gasteiger partial charge >= 0.3 is 27.2 Å². The van der Waals surface area contributed by atoms with Gasteiger partial charge in [0.05, 0.1) is 26.2 Å². The molecule has 2 aromatic carbocycles. The van der Waals surface area contributed by atoms with E-state index in [1.54, 1.807) is 7.11 Å². The van der Waals surface area contributed by atoms with Gasteiger partial charge in [-0.3, -0.25) is 4.79 Å². The Morgan fingerprint density at radius 2 is 1.71 bits per heavy atom. The molecule has 0 N–H and O–H groups in total. The highest BCUT2D eigenvalue weighted by Crippen LogP contribution is 2.25. The first-order valence-corrected chi connectivity index (χ1v) is 11.5. The number of carbonyl (C=O) groups is 1. The highest BCUT2D eigenvalue weighted by atomic mass is 127. The lowest BCUT2D eigenvalue weighted by atomic mass is 9.88. The third-order valence-corrected chi connectivity index (χ3v) is 7.74. The van der Waals surface area contributed by atoms with E-state index in [4.69, 9.17) is 14.2 Å². The van der Waals surface area contributed by atoms with Crippen LogP contribution in [0.5, 0.6) is 11.5 Å². The predicted octanol–water partition coefficient (Wildman–Crippen LogP) is 1.80. The van der Waals surface area contributed by atoms with E-state index in [9.17, 15) is 4.79 Å². The van der Waals surface area contributed by atoms with Gasteiger partial charge in [-0.2, -0.15) is 0 Å². The Kier molecular flexibility index (Phi) is 8.16. The van der Waals surface area contributed by atoms with Gasteiger partial charge < -0.3 is 14.2 Å². The summed E-state index contributed by atoms with van der Waals surface area (Å²) >= 11 is -0.245. The largest absolute Gasteiger partial charge is 0.497 e. The van der Waals surface area contributed by atoms with Gasteiger partial charge in [-0.05, 0) is 82.5 Å². The van der Waals surface area contributed by atoms with Crippen LogP contribution in [0, 0.1) is 26.4 Å². The number of hydrogen-bond acceptors (Lipinski definition) is 4. The first kappa shape index (κ1) is 22.5. The molecule has 0 fully saturated rings. The van der Waals surface area contributed by atoms with E-state index < -0.39 is 5.41 Å². The summed E-state index contributed by atoms with van der Waals surface area (Å²) in [5, 5.41) is 0. The van der Waals surface area contributed by atoms with E-state index in [0.29, 0.717) is 6.61 Å². The molecule has 2 aromatic rings. The molecule has 0 saturated heterocycles. The molecule has 0 aromatic heterocycles. The summed E-state index contributed by atoms with van der Waals surface area (Å²) in [5.74, 6) is 1.64. The van der Waals surface area contributed by atoms with Crippen molar-refractivity contribution in [2.24, 2.45) is 5.41 Å². The number of benzene rings is 2. The summed E-state index contributed by atoms with van der Waals surface area (Å²) in [6, 6.07) is 12.7. The summed E-state index contributed by atoms with van der Waals surface area (Å²) in [6.07, 6.45) is 1.54. The zero-order valence-corrected chi connectivity index (χ0v) is 19.8. The summed E-state index contributed by atoms with van der Waals surface area (Å²) in [5.41, 5.74) is 1.94. The number of aryl methyl sites for hydroxylation is 2. The normalized spacial score (nSPS) is 11.2. The minimum atomic E-state index is -0.476. The number of halogens is 1. The van der Waals surface area contributed by atoms with Gasteiger partial charge in [0, 0.05) is 5.56 Å². The fourth-order valence-corrected chi connectivity index (χ4v) is 5.43. The standard InChI is InChI=1S/C23H30IO4/c1-16-15-21(28-13-7-12-23(3,4)22(25)27-6)17(2)14-20(16)24-18-8-10-19(26-5)11-9-18/h8-11,14-15H,7,12-13H2,1-6H3/q+1. The van der Waals surface area contributed by atoms with Gasteiger partial charge in [0.25, 0.3) is 0 Å². The molecular weight excluding hydrogens is 467 g/mol. The Balaban J connectivity index is 1.96. The van der Waals surface area contributed by atoms with Gasteiger partial charge in [-0.1, -0.05) is 0 Å². The molecule has 28 heavy (non-hydrogen) atoms. The highest BCUT2D eigenvalue weighted by molar-refractivity contribution is 5.75. The van der Waals surface area contributed by atoms with Crippen molar-refractivity contribution < 1.29 is 40.2 Å². The fourth-order valence-electron chi connectivity index (χ4n) is 2.84. The Labute approximate surface area is 178 Å². The third kappa shape index (κ3) is 6.12. The van der Waals surface area contributed by atoms with E-state index in [0.717, 1.165) is 29.9 Å². The molecule has 0 aliphatic carbocycles. The lowest BCUT2D eigenvalue weighted by Gasteiger charge is -2.21. The molecule has 0 heterocycles. The molecule has 2 rings (SSSR count). The van der Waals surface area contributed by atoms with Crippen molar-refractivity contribution in [1.82, 2.24) is 0 Å². The minimum absolute atomic E-state index is 0.175. The maximum atomic E-state index is 11.8. The van der Waals surface area contributed by atoms with E-state index >= 15 is 0 Å². The summed E-state index contributed by atoms with van der Waals surface area (Å²) in [6.45, 7) is 8.64. The Hall–Kier alpha value is -1.76. The van der Waals surface area contributed by atoms with Crippen molar-refractivity contribution in [2.45, 2.75) is 40.5 Å². The molecule has 0 aliphatic rings. The second-order valence-corrected chi connectivity index (χ2v) is 10.4. The monoisotopic (exact) mass is 497 g/mol. The quantitative estimate of drug-likeness (QED) is 0.301. The van der Waals surface area contributed by atoms with Crippen molar-refractivity contribution in [3.05, 3.63) is 54.7 Å². The number of esters is 1. The zero-order valence-electron chi connectivity index (χ0n) is 17.6. The van der Waals surface area contributed by atoms with Crippen molar-refractivity contribution in [1.29, 1.82) is 0 Å². The number of hydrogen-bond donors (Lipinski definition) is 0. The van der Waals surface area contributed by atoms with Gasteiger partial charge in [-0.15, -0.1) is 0 Å². The molecule has 0 radical (unpaired) electrons. The molecule has 0 amide bonds. The van der Waals surface area contributed by atoms with Crippen LogP contribution < -0.4 is 30.7 Å². The van der Waals surface area contributed by atoms with Crippen LogP contribution in [0.2, 0.25) is 0 Å². The lowest BCUT2D eigenvalue weighted by Crippen LogP contribution is -3.61. The topological polar surface area (TPSA) is 44.8 Å². The van der Waals surface area contributed by atoms with Crippen LogP contribution in [0.4, 0.5) is 0 Å². The summed E-state index contributed by atoms with van der Waals surface area (Å²) in [7, 11) is 3.12. The first-order valence-electron chi connectivity index (χ1n) is 9.38. The summed E-state index contributed by atoms with van der Waals surface area (Å²) < 4.78 is 18.9. The van der Waals surface area contributed by atoms with Crippen LogP contribution in [-0.4, -0.2) is 26.8 Å². The van der Waals surface area contributed by atoms with E-state index in [2.05, 4.69) is 38.1 Å². The molecule has 0 spiro atoms. The van der Waals surface area contributed by atoms with Crippen molar-refractivity contribution >= 4 is 5.97 Å². The van der Waals surface area contributed by atoms with Crippen LogP contribution in [0.3, 0.4) is 0 Å². The highest BCUT2D eigenvalue weighted by Gasteiger charge is 2.28. The molecular formula is C23H30IO4+. The van der Waals surface area contributed by atoms with Crippen molar-refractivity contribution in [3.63, 3.8) is 0 Å². The molecule has 0 bridgehead atoms. The predicted molar refractivity (Wildman–Crippen MR) is 107 cm³/mol. The maximum absolute atomic E-state index is 11.8. The number of methoxy groups -OCH3 is 2. The second-order valence-electron chi connectivity index (χ2n) is 7.45. The Morgan fingerprint density at radius 3 is 2.32 bits per heavy atom. The van der Waals surface area contributed by atoms with Crippen LogP contribution >= 0.6 is 0 Å². The molecule has 0 unspecified atom stereocenters. The molecule has 0 aliphatic heterocycles. The lowest BCUT2D eigenvalue weighted by molar-refractivity contribution is -0.598. The van der Waals surface area contributed by atoms with Crippen LogP contribution in [0.25, 0.3) is 0 Å². The maximum Gasteiger partial charge on any atom is 0.358 e. The van der Waals surface area contributed by atoms with Gasteiger partial charge in [0.15, 0.2) is 7.14 Å². The first-order chi connectivity index (χ1) is 13.3. The SMILES string of the molecule is COC(=O)C(C)(C)CCCOc1cc(C)c([I+]c2ccc(OC)cc2)cc1C. The Morgan fingerprint density at radius 1 is 1.04 bits per heavy atom. The van der Waals surface area contributed by atoms with Crippen molar-refractivity contribution in [3.8, 4) is 11.5 Å². The second kappa shape index (κ2) is 10.1. The molecule has 0 saturated carbocycles. The van der Waals surface area contributed by atoms with Crippen LogP contribution in [-0.2, 0) is 9.53 Å². The van der Waals surface area contributed by atoms with Crippen LogP contribution in [0.1, 0.15) is 37.8 Å². The van der Waals surface area contributed by atoms with Crippen molar-refractivity contribution in [2.75, 3.05) is 20.8 Å². The summed E-state index contributed by atoms with van der Waals surface area (Å²) in [4.78, 5) is 11.8. The Bertz CT molecular complexity index is 797. The van der Waals surface area contributed by atoms with Crippen LogP contribution in [0.15, 0.2) is 36.4 Å². The number of carbonyl (C=O) groups excluding carboxylic acids is 1. The zero-order chi connectivity index (χ0) is 20.7. The van der Waals surface area contributed by atoms with Gasteiger partial charge in [-0.25, -0.2) is 0 Å². The van der Waals surface area contributed by atoms with E-state index in [1.165, 1.54) is 19.8 Å². The molecule has 5 heteroatoms. The number of ether oxygens (including phenoxy) is 3. The van der Waals surface area contributed by atoms with Gasteiger partial charge in [0.2, 0.25) is 0 Å². The van der Waals surface area contributed by atoms with E-state index in [1.807, 2.05) is 26.0 Å². The average molecular weight is 497 g/mol. The smallest absolute Gasteiger partial charge is 0.358 e.